The molecule has 0 saturated carbocycles. The molecule has 0 bridgehead atoms. The third kappa shape index (κ3) is 7.19. The van der Waals surface area contributed by atoms with Crippen molar-refractivity contribution in [2.24, 2.45) is 0 Å². The van der Waals surface area contributed by atoms with Crippen LogP contribution < -0.4 is 0 Å². The van der Waals surface area contributed by atoms with Crippen LogP contribution in [0.3, 0.4) is 0 Å². The minimum absolute atomic E-state index is 0.375. The van der Waals surface area contributed by atoms with Gasteiger partial charge in [0.05, 0.1) is 44.9 Å². The number of nitrogens with zero attached hydrogens (tertiary/aromatic N) is 3. The van der Waals surface area contributed by atoms with Crippen molar-refractivity contribution in [2.45, 2.75) is 57.4 Å². The summed E-state index contributed by atoms with van der Waals surface area (Å²) >= 11 is 0. The highest BCUT2D eigenvalue weighted by molar-refractivity contribution is 5.17. The Morgan fingerprint density at radius 3 is 1.45 bits per heavy atom. The summed E-state index contributed by atoms with van der Waals surface area (Å²) in [5.74, 6) is 0. The molecule has 214 valence electrons. The number of hydrogen-bond donors (Lipinski definition) is 0. The van der Waals surface area contributed by atoms with E-state index in [1.54, 1.807) is 6.20 Å². The first-order chi connectivity index (χ1) is 20.8. The van der Waals surface area contributed by atoms with Crippen molar-refractivity contribution in [3.63, 3.8) is 0 Å². The van der Waals surface area contributed by atoms with Crippen LogP contribution in [0.25, 0.3) is 0 Å². The number of ether oxygens (including phenoxy) is 4. The molecule has 0 saturated heterocycles. The fraction of sp³-hybridized carbons (Fsp3) is 0.257. The van der Waals surface area contributed by atoms with Gasteiger partial charge < -0.3 is 18.9 Å². The van der Waals surface area contributed by atoms with Gasteiger partial charge in [-0.1, -0.05) is 127 Å². The topological polar surface area (TPSA) is 67.6 Å². The fourth-order valence-corrected chi connectivity index (χ4v) is 5.24. The van der Waals surface area contributed by atoms with Gasteiger partial charge in [-0.3, -0.25) is 0 Å². The molecule has 1 aromatic heterocycles. The predicted molar refractivity (Wildman–Crippen MR) is 159 cm³/mol. The normalized spacial score (nSPS) is 20.1. The minimum Gasteiger partial charge on any atom is -0.369 e. The van der Waals surface area contributed by atoms with Gasteiger partial charge in [-0.2, -0.15) is 0 Å². The number of fused-ring (bicyclic) bond motifs is 1. The van der Waals surface area contributed by atoms with Gasteiger partial charge in [-0.05, 0) is 22.3 Å². The van der Waals surface area contributed by atoms with Crippen molar-refractivity contribution in [1.29, 1.82) is 0 Å². The Labute approximate surface area is 246 Å². The van der Waals surface area contributed by atoms with Crippen LogP contribution in [0.1, 0.15) is 34.1 Å². The summed E-state index contributed by atoms with van der Waals surface area (Å²) in [6, 6.07) is 40.6. The van der Waals surface area contributed by atoms with E-state index in [0.29, 0.717) is 33.0 Å². The van der Waals surface area contributed by atoms with E-state index in [4.69, 9.17) is 18.9 Å². The Balaban J connectivity index is 1.34. The van der Waals surface area contributed by atoms with Gasteiger partial charge >= 0.3 is 0 Å². The molecular weight excluding hydrogens is 526 g/mol. The molecule has 42 heavy (non-hydrogen) atoms. The second kappa shape index (κ2) is 14.2. The maximum atomic E-state index is 6.76. The summed E-state index contributed by atoms with van der Waals surface area (Å²) in [4.78, 5) is 0. The smallest absolute Gasteiger partial charge is 0.130 e. The molecule has 0 aliphatic carbocycles. The molecular formula is C35H35N3O4. The highest BCUT2D eigenvalue weighted by atomic mass is 16.6. The Morgan fingerprint density at radius 2 is 0.952 bits per heavy atom. The molecule has 4 aromatic carbocycles. The summed E-state index contributed by atoms with van der Waals surface area (Å²) in [5, 5.41) is 8.68. The average molecular weight is 562 g/mol. The van der Waals surface area contributed by atoms with E-state index >= 15 is 0 Å². The molecule has 1 aliphatic heterocycles. The molecule has 0 amide bonds. The third-order valence-corrected chi connectivity index (χ3v) is 7.43. The third-order valence-electron chi connectivity index (χ3n) is 7.43. The Hall–Kier alpha value is -4.14. The molecule has 2 heterocycles. The number of benzene rings is 4. The first kappa shape index (κ1) is 28.0. The highest BCUT2D eigenvalue weighted by Gasteiger charge is 2.44. The van der Waals surface area contributed by atoms with E-state index in [-0.39, 0.29) is 6.10 Å². The van der Waals surface area contributed by atoms with Gasteiger partial charge in [0.15, 0.2) is 0 Å². The molecule has 1 aliphatic rings. The van der Waals surface area contributed by atoms with E-state index in [2.05, 4.69) is 58.8 Å². The molecule has 0 spiro atoms. The molecule has 7 heteroatoms. The molecule has 0 radical (unpaired) electrons. The zero-order valence-electron chi connectivity index (χ0n) is 23.4. The molecule has 5 aromatic rings. The first-order valence-electron chi connectivity index (χ1n) is 14.3. The SMILES string of the molecule is c1ccc(CO[C@@H]2[C@H](OCc3ccccc3)[C@H](OCc3ccccc3)c3cnnn3C[C@H]2OCc2ccccc2)cc1. The molecule has 0 N–H and O–H groups in total. The zero-order chi connectivity index (χ0) is 28.4. The standard InChI is InChI=1S/C35H35N3O4/c1-5-13-27(14-6-1)23-39-32-22-38-31(21-36-37-38)33(40-24-28-15-7-2-8-16-28)35(42-26-30-19-11-4-12-20-30)34(32)41-25-29-17-9-3-10-18-29/h1-21,32-35H,22-26H2/t32-,33-,34+,35-/m1/s1. The summed E-state index contributed by atoms with van der Waals surface area (Å²) in [6.07, 6.45) is -0.0590. The van der Waals surface area contributed by atoms with Crippen LogP contribution in [0.15, 0.2) is 128 Å². The van der Waals surface area contributed by atoms with Gasteiger partial charge in [-0.15, -0.1) is 5.10 Å². The van der Waals surface area contributed by atoms with Gasteiger partial charge in [0, 0.05) is 0 Å². The van der Waals surface area contributed by atoms with E-state index in [9.17, 15) is 0 Å². The van der Waals surface area contributed by atoms with Crippen molar-refractivity contribution in [2.75, 3.05) is 0 Å². The van der Waals surface area contributed by atoms with Crippen LogP contribution in [0.5, 0.6) is 0 Å². The highest BCUT2D eigenvalue weighted by Crippen LogP contribution is 2.35. The van der Waals surface area contributed by atoms with Crippen LogP contribution in [0.4, 0.5) is 0 Å². The van der Waals surface area contributed by atoms with Gasteiger partial charge in [0.2, 0.25) is 0 Å². The lowest BCUT2D eigenvalue weighted by Crippen LogP contribution is -2.45. The summed E-state index contributed by atoms with van der Waals surface area (Å²) in [7, 11) is 0. The zero-order valence-corrected chi connectivity index (χ0v) is 23.4. The molecule has 7 nitrogen and oxygen atoms in total. The van der Waals surface area contributed by atoms with E-state index in [1.807, 2.05) is 77.5 Å². The van der Waals surface area contributed by atoms with Crippen molar-refractivity contribution < 1.29 is 18.9 Å². The summed E-state index contributed by atoms with van der Waals surface area (Å²) < 4.78 is 28.7. The number of aromatic nitrogens is 3. The van der Waals surface area contributed by atoms with Crippen molar-refractivity contribution in [3.8, 4) is 0 Å². The van der Waals surface area contributed by atoms with Crippen LogP contribution in [-0.4, -0.2) is 33.3 Å². The van der Waals surface area contributed by atoms with Crippen molar-refractivity contribution >= 4 is 0 Å². The first-order valence-corrected chi connectivity index (χ1v) is 14.3. The van der Waals surface area contributed by atoms with Crippen molar-refractivity contribution in [3.05, 3.63) is 155 Å². The minimum atomic E-state index is -0.502. The second-order valence-corrected chi connectivity index (χ2v) is 10.4. The van der Waals surface area contributed by atoms with Crippen LogP contribution in [-0.2, 0) is 51.9 Å². The lowest BCUT2D eigenvalue weighted by atomic mass is 10.0. The van der Waals surface area contributed by atoms with Crippen LogP contribution in [0, 0.1) is 0 Å². The Bertz CT molecular complexity index is 1480. The van der Waals surface area contributed by atoms with Crippen LogP contribution in [0.2, 0.25) is 0 Å². The Kier molecular flexibility index (Phi) is 9.44. The fourth-order valence-electron chi connectivity index (χ4n) is 5.24. The lowest BCUT2D eigenvalue weighted by Gasteiger charge is -2.34. The predicted octanol–water partition coefficient (Wildman–Crippen LogP) is 6.31. The molecule has 0 fully saturated rings. The van der Waals surface area contributed by atoms with E-state index in [1.165, 1.54) is 0 Å². The largest absolute Gasteiger partial charge is 0.369 e. The summed E-state index contributed by atoms with van der Waals surface area (Å²) in [6.45, 7) is 2.10. The van der Waals surface area contributed by atoms with E-state index < -0.39 is 18.3 Å². The monoisotopic (exact) mass is 561 g/mol. The molecule has 0 unspecified atom stereocenters. The maximum Gasteiger partial charge on any atom is 0.130 e. The van der Waals surface area contributed by atoms with Crippen LogP contribution >= 0.6 is 0 Å². The van der Waals surface area contributed by atoms with E-state index in [0.717, 1.165) is 27.9 Å². The number of hydrogen-bond acceptors (Lipinski definition) is 6. The van der Waals surface area contributed by atoms with Gasteiger partial charge in [0.25, 0.3) is 0 Å². The second-order valence-electron chi connectivity index (χ2n) is 10.4. The van der Waals surface area contributed by atoms with Gasteiger partial charge in [0.1, 0.15) is 24.4 Å². The molecule has 4 atom stereocenters. The summed E-state index contributed by atoms with van der Waals surface area (Å²) in [5.41, 5.74) is 5.13. The lowest BCUT2D eigenvalue weighted by molar-refractivity contribution is -0.188. The Morgan fingerprint density at radius 1 is 0.524 bits per heavy atom. The average Bonchev–Trinajstić information content (AvgIpc) is 3.47. The van der Waals surface area contributed by atoms with Gasteiger partial charge in [-0.25, -0.2) is 4.68 Å². The molecule has 6 rings (SSSR count). The van der Waals surface area contributed by atoms with Crippen molar-refractivity contribution in [1.82, 2.24) is 15.0 Å². The quantitative estimate of drug-likeness (QED) is 0.178. The maximum absolute atomic E-state index is 6.76. The number of rotatable bonds is 12.